The van der Waals surface area contributed by atoms with Gasteiger partial charge in [0.25, 0.3) is 0 Å². The molecule has 2 atom stereocenters. The molecular formula is C12H24O3Si. The van der Waals surface area contributed by atoms with E-state index in [-0.39, 0.29) is 11.1 Å². The summed E-state index contributed by atoms with van der Waals surface area (Å²) in [4.78, 5) is 0. The Morgan fingerprint density at radius 1 is 1.44 bits per heavy atom. The molecular weight excluding hydrogens is 220 g/mol. The molecule has 0 aliphatic carbocycles. The van der Waals surface area contributed by atoms with Crippen LogP contribution in [0.5, 0.6) is 0 Å². The van der Waals surface area contributed by atoms with Crippen molar-refractivity contribution >= 4 is 8.32 Å². The molecule has 0 aromatic rings. The zero-order chi connectivity index (χ0) is 12.4. The minimum atomic E-state index is -1.73. The Labute approximate surface area is 99.6 Å². The van der Waals surface area contributed by atoms with Crippen molar-refractivity contribution < 1.29 is 14.3 Å². The number of ether oxygens (including phenoxy) is 1. The van der Waals surface area contributed by atoms with Gasteiger partial charge in [0.15, 0.2) is 8.32 Å². The van der Waals surface area contributed by atoms with Crippen LogP contribution in [-0.4, -0.2) is 38.8 Å². The fourth-order valence-electron chi connectivity index (χ4n) is 1.25. The summed E-state index contributed by atoms with van der Waals surface area (Å²) in [5, 5.41) is 9.89. The first-order chi connectivity index (χ1) is 7.24. The molecule has 94 valence electrons. The molecule has 0 unspecified atom stereocenters. The normalized spacial score (nSPS) is 27.1. The minimum Gasteiger partial charge on any atom is -0.414 e. The van der Waals surface area contributed by atoms with Crippen molar-refractivity contribution in [3.8, 4) is 0 Å². The van der Waals surface area contributed by atoms with Crippen LogP contribution in [-0.2, 0) is 9.16 Å². The van der Waals surface area contributed by atoms with Gasteiger partial charge < -0.3 is 14.3 Å². The molecule has 0 bridgehead atoms. The molecule has 0 amide bonds. The number of hydrogen-bond donors (Lipinski definition) is 1. The zero-order valence-corrected chi connectivity index (χ0v) is 12.0. The summed E-state index contributed by atoms with van der Waals surface area (Å²) in [6, 6.07) is 0. The highest BCUT2D eigenvalue weighted by molar-refractivity contribution is 6.74. The Morgan fingerprint density at radius 2 is 2.06 bits per heavy atom. The molecule has 0 saturated carbocycles. The predicted octanol–water partition coefficient (Wildman–Crippen LogP) is 2.32. The van der Waals surface area contributed by atoms with E-state index < -0.39 is 14.4 Å². The van der Waals surface area contributed by atoms with E-state index in [2.05, 4.69) is 33.9 Å². The highest BCUT2D eigenvalue weighted by Gasteiger charge is 2.38. The van der Waals surface area contributed by atoms with E-state index in [1.54, 1.807) is 6.08 Å². The molecule has 0 saturated heterocycles. The Morgan fingerprint density at radius 3 is 2.56 bits per heavy atom. The first-order valence-corrected chi connectivity index (χ1v) is 8.75. The third-order valence-electron chi connectivity index (χ3n) is 3.54. The molecule has 16 heavy (non-hydrogen) atoms. The van der Waals surface area contributed by atoms with E-state index in [9.17, 15) is 5.11 Å². The van der Waals surface area contributed by atoms with Crippen LogP contribution in [0.1, 0.15) is 20.8 Å². The summed E-state index contributed by atoms with van der Waals surface area (Å²) in [6.45, 7) is 12.1. The first-order valence-electron chi connectivity index (χ1n) is 5.84. The lowest BCUT2D eigenvalue weighted by Gasteiger charge is -2.38. The number of aliphatic hydroxyl groups excluding tert-OH is 1. The van der Waals surface area contributed by atoms with Gasteiger partial charge in [0.1, 0.15) is 12.2 Å². The smallest absolute Gasteiger partial charge is 0.192 e. The van der Waals surface area contributed by atoms with Crippen molar-refractivity contribution in [3.63, 3.8) is 0 Å². The molecule has 0 fully saturated rings. The third kappa shape index (κ3) is 3.42. The SMILES string of the molecule is CC(C)(C)[Si](C)(C)OC[C@@H]1OCC=C[C@@H]1O. The number of hydrogen-bond acceptors (Lipinski definition) is 3. The largest absolute Gasteiger partial charge is 0.414 e. The molecule has 1 aliphatic heterocycles. The van der Waals surface area contributed by atoms with Gasteiger partial charge in [-0.05, 0) is 18.1 Å². The van der Waals surface area contributed by atoms with E-state index in [1.165, 1.54) is 0 Å². The van der Waals surface area contributed by atoms with Crippen LogP contribution in [0.4, 0.5) is 0 Å². The first kappa shape index (κ1) is 13.9. The van der Waals surface area contributed by atoms with Crippen molar-refractivity contribution in [3.05, 3.63) is 12.2 Å². The second-order valence-corrected chi connectivity index (χ2v) is 10.7. The van der Waals surface area contributed by atoms with Gasteiger partial charge in [-0.3, -0.25) is 0 Å². The van der Waals surface area contributed by atoms with Crippen molar-refractivity contribution in [2.45, 2.75) is 51.1 Å². The fraction of sp³-hybridized carbons (Fsp3) is 0.833. The van der Waals surface area contributed by atoms with Crippen LogP contribution in [0.25, 0.3) is 0 Å². The average Bonchev–Trinajstić information content (AvgIpc) is 2.15. The van der Waals surface area contributed by atoms with Gasteiger partial charge in [0.05, 0.1) is 13.2 Å². The van der Waals surface area contributed by atoms with Gasteiger partial charge in [-0.2, -0.15) is 0 Å². The maximum atomic E-state index is 9.69. The lowest BCUT2D eigenvalue weighted by Crippen LogP contribution is -2.45. The number of aliphatic hydroxyl groups is 1. The van der Waals surface area contributed by atoms with E-state index in [1.807, 2.05) is 6.08 Å². The fourth-order valence-corrected chi connectivity index (χ4v) is 2.26. The summed E-state index contributed by atoms with van der Waals surface area (Å²) in [5.41, 5.74) is 0. The van der Waals surface area contributed by atoms with Gasteiger partial charge in [-0.1, -0.05) is 32.9 Å². The van der Waals surface area contributed by atoms with Crippen LogP contribution < -0.4 is 0 Å². The molecule has 1 aliphatic rings. The van der Waals surface area contributed by atoms with Crippen molar-refractivity contribution in [1.29, 1.82) is 0 Å². The van der Waals surface area contributed by atoms with Crippen molar-refractivity contribution in [1.82, 2.24) is 0 Å². The molecule has 0 radical (unpaired) electrons. The highest BCUT2D eigenvalue weighted by atomic mass is 28.4. The molecule has 0 spiro atoms. The van der Waals surface area contributed by atoms with E-state index >= 15 is 0 Å². The summed E-state index contributed by atoms with van der Waals surface area (Å²) in [5.74, 6) is 0. The van der Waals surface area contributed by atoms with E-state index in [0.29, 0.717) is 13.2 Å². The van der Waals surface area contributed by atoms with Crippen LogP contribution >= 0.6 is 0 Å². The highest BCUT2D eigenvalue weighted by Crippen LogP contribution is 2.36. The van der Waals surface area contributed by atoms with Gasteiger partial charge >= 0.3 is 0 Å². The molecule has 1 rings (SSSR count). The molecule has 4 heteroatoms. The number of rotatable bonds is 3. The summed E-state index contributed by atoms with van der Waals surface area (Å²) < 4.78 is 11.5. The van der Waals surface area contributed by atoms with Gasteiger partial charge in [-0.25, -0.2) is 0 Å². The Bertz CT molecular complexity index is 255. The van der Waals surface area contributed by atoms with Crippen molar-refractivity contribution in [2.75, 3.05) is 13.2 Å². The van der Waals surface area contributed by atoms with Crippen molar-refractivity contribution in [2.24, 2.45) is 0 Å². The summed E-state index contributed by atoms with van der Waals surface area (Å²) >= 11 is 0. The second kappa shape index (κ2) is 5.00. The zero-order valence-electron chi connectivity index (χ0n) is 11.0. The lowest BCUT2D eigenvalue weighted by atomic mass is 10.2. The second-order valence-electron chi connectivity index (χ2n) is 5.86. The Kier molecular flexibility index (Phi) is 4.34. The molecule has 0 aromatic heterocycles. The monoisotopic (exact) mass is 244 g/mol. The molecule has 1 heterocycles. The minimum absolute atomic E-state index is 0.197. The van der Waals surface area contributed by atoms with Crippen LogP contribution in [0.15, 0.2) is 12.2 Å². The standard InChI is InChI=1S/C12H24O3Si/c1-12(2,3)16(4,5)15-9-11-10(13)7-6-8-14-11/h6-7,10-11,13H,8-9H2,1-5H3/t10-,11-/m0/s1. The van der Waals surface area contributed by atoms with Gasteiger partial charge in [-0.15, -0.1) is 0 Å². The summed E-state index contributed by atoms with van der Waals surface area (Å²) in [7, 11) is -1.73. The van der Waals surface area contributed by atoms with E-state index in [4.69, 9.17) is 9.16 Å². The molecule has 0 aromatic carbocycles. The predicted molar refractivity (Wildman–Crippen MR) is 68.0 cm³/mol. The van der Waals surface area contributed by atoms with Gasteiger partial charge in [0, 0.05) is 0 Å². The maximum Gasteiger partial charge on any atom is 0.192 e. The van der Waals surface area contributed by atoms with E-state index in [0.717, 1.165) is 0 Å². The molecule has 1 N–H and O–H groups in total. The van der Waals surface area contributed by atoms with Gasteiger partial charge in [0.2, 0.25) is 0 Å². The maximum absolute atomic E-state index is 9.69. The Balaban J connectivity index is 2.48. The lowest BCUT2D eigenvalue weighted by molar-refractivity contribution is -0.0412. The quantitative estimate of drug-likeness (QED) is 0.612. The van der Waals surface area contributed by atoms with Crippen LogP contribution in [0.3, 0.4) is 0 Å². The summed E-state index contributed by atoms with van der Waals surface area (Å²) in [6.07, 6.45) is 2.88. The van der Waals surface area contributed by atoms with Crippen LogP contribution in [0, 0.1) is 0 Å². The Hall–Kier alpha value is -0.163. The van der Waals surface area contributed by atoms with Crippen LogP contribution in [0.2, 0.25) is 18.1 Å². The average molecular weight is 244 g/mol. The third-order valence-corrected chi connectivity index (χ3v) is 8.04. The topological polar surface area (TPSA) is 38.7 Å². The molecule has 3 nitrogen and oxygen atoms in total.